The quantitative estimate of drug-likeness (QED) is 0.673. The number of benzene rings is 1. The van der Waals surface area contributed by atoms with Crippen molar-refractivity contribution in [2.45, 2.75) is 6.92 Å². The lowest BCUT2D eigenvalue weighted by atomic mass is 10.1. The van der Waals surface area contributed by atoms with Gasteiger partial charge in [-0.3, -0.25) is 9.78 Å². The molecule has 5 nitrogen and oxygen atoms in total. The SMILES string of the molecule is Cc1cc(Cl)cc(/C=N/NC(=O)c2ccncc2)c1O. The van der Waals surface area contributed by atoms with E-state index in [0.717, 1.165) is 0 Å². The Kier molecular flexibility index (Phi) is 4.32. The molecule has 0 spiro atoms. The zero-order valence-electron chi connectivity index (χ0n) is 10.7. The molecule has 0 saturated carbocycles. The Balaban J connectivity index is 2.10. The van der Waals surface area contributed by atoms with Gasteiger partial charge in [-0.15, -0.1) is 0 Å². The molecule has 0 atom stereocenters. The molecule has 0 bridgehead atoms. The Morgan fingerprint density at radius 1 is 1.40 bits per heavy atom. The third kappa shape index (κ3) is 3.33. The number of carbonyl (C=O) groups is 1. The van der Waals surface area contributed by atoms with Crippen molar-refractivity contribution in [2.75, 3.05) is 0 Å². The first-order chi connectivity index (χ1) is 9.58. The van der Waals surface area contributed by atoms with Gasteiger partial charge in [-0.1, -0.05) is 11.6 Å². The number of aromatic hydroxyl groups is 1. The second-order valence-electron chi connectivity index (χ2n) is 4.10. The first-order valence-electron chi connectivity index (χ1n) is 5.80. The second kappa shape index (κ2) is 6.16. The molecule has 6 heteroatoms. The number of nitrogens with zero attached hydrogens (tertiary/aromatic N) is 2. The van der Waals surface area contributed by atoms with E-state index in [-0.39, 0.29) is 11.7 Å². The van der Waals surface area contributed by atoms with Crippen LogP contribution in [0.4, 0.5) is 0 Å². The number of phenolic OH excluding ortho intramolecular Hbond substituents is 1. The summed E-state index contributed by atoms with van der Waals surface area (Å²) in [5.41, 5.74) is 3.88. The second-order valence-corrected chi connectivity index (χ2v) is 4.53. The lowest BCUT2D eigenvalue weighted by Gasteiger charge is -2.04. The maximum atomic E-state index is 11.7. The van der Waals surface area contributed by atoms with Crippen molar-refractivity contribution in [3.05, 3.63) is 58.4 Å². The van der Waals surface area contributed by atoms with Gasteiger partial charge >= 0.3 is 0 Å². The van der Waals surface area contributed by atoms with Gasteiger partial charge in [0.15, 0.2) is 0 Å². The van der Waals surface area contributed by atoms with Crippen molar-refractivity contribution in [3.8, 4) is 5.75 Å². The Labute approximate surface area is 120 Å². The minimum atomic E-state index is -0.359. The van der Waals surface area contributed by atoms with Crippen LogP contribution in [0.2, 0.25) is 5.02 Å². The van der Waals surface area contributed by atoms with Gasteiger partial charge in [0, 0.05) is 28.5 Å². The van der Waals surface area contributed by atoms with Crippen molar-refractivity contribution in [1.29, 1.82) is 0 Å². The minimum absolute atomic E-state index is 0.0799. The fourth-order valence-electron chi connectivity index (χ4n) is 1.59. The molecule has 0 fully saturated rings. The standard InChI is InChI=1S/C14H12ClN3O2/c1-9-6-12(15)7-11(13(9)19)8-17-18-14(20)10-2-4-16-5-3-10/h2-8,19H,1H3,(H,18,20)/b17-8+. The van der Waals surface area contributed by atoms with Gasteiger partial charge < -0.3 is 5.11 Å². The Bertz CT molecular complexity index is 657. The number of amides is 1. The Morgan fingerprint density at radius 2 is 2.10 bits per heavy atom. The van der Waals surface area contributed by atoms with Crippen LogP contribution in [0.1, 0.15) is 21.5 Å². The zero-order valence-corrected chi connectivity index (χ0v) is 11.4. The minimum Gasteiger partial charge on any atom is -0.507 e. The molecule has 0 aliphatic rings. The van der Waals surface area contributed by atoms with E-state index in [4.69, 9.17) is 11.6 Å². The van der Waals surface area contributed by atoms with Crippen LogP contribution < -0.4 is 5.43 Å². The molecule has 1 heterocycles. The summed E-state index contributed by atoms with van der Waals surface area (Å²) in [5.74, 6) is -0.279. The molecule has 1 aromatic carbocycles. The lowest BCUT2D eigenvalue weighted by Crippen LogP contribution is -2.17. The molecule has 0 aliphatic carbocycles. The zero-order chi connectivity index (χ0) is 14.5. The van der Waals surface area contributed by atoms with Crippen LogP contribution in [0.15, 0.2) is 41.8 Å². The summed E-state index contributed by atoms with van der Waals surface area (Å²) in [5, 5.41) is 14.1. The number of pyridine rings is 1. The first-order valence-corrected chi connectivity index (χ1v) is 6.18. The van der Waals surface area contributed by atoms with Gasteiger partial charge in [-0.25, -0.2) is 5.43 Å². The summed E-state index contributed by atoms with van der Waals surface area (Å²) in [4.78, 5) is 15.5. The lowest BCUT2D eigenvalue weighted by molar-refractivity contribution is 0.0955. The summed E-state index contributed by atoms with van der Waals surface area (Å²) in [6.45, 7) is 1.73. The van der Waals surface area contributed by atoms with Crippen LogP contribution in [-0.4, -0.2) is 22.2 Å². The van der Waals surface area contributed by atoms with Crippen LogP contribution in [0.3, 0.4) is 0 Å². The molecule has 2 N–H and O–H groups in total. The van der Waals surface area contributed by atoms with Crippen molar-refractivity contribution in [2.24, 2.45) is 5.10 Å². The first kappa shape index (κ1) is 14.0. The topological polar surface area (TPSA) is 74.6 Å². The highest BCUT2D eigenvalue weighted by Gasteiger charge is 2.05. The van der Waals surface area contributed by atoms with E-state index in [0.29, 0.717) is 21.7 Å². The van der Waals surface area contributed by atoms with E-state index in [2.05, 4.69) is 15.5 Å². The van der Waals surface area contributed by atoms with Crippen molar-refractivity contribution in [3.63, 3.8) is 0 Å². The summed E-state index contributed by atoms with van der Waals surface area (Å²) in [6, 6.07) is 6.35. The number of hydrogen-bond donors (Lipinski definition) is 2. The van der Waals surface area contributed by atoms with Gasteiger partial charge in [0.2, 0.25) is 0 Å². The number of hydrogen-bond acceptors (Lipinski definition) is 4. The number of aromatic nitrogens is 1. The average Bonchev–Trinajstić information content (AvgIpc) is 2.44. The highest BCUT2D eigenvalue weighted by atomic mass is 35.5. The van der Waals surface area contributed by atoms with Gasteiger partial charge in [0.25, 0.3) is 5.91 Å². The largest absolute Gasteiger partial charge is 0.507 e. The van der Waals surface area contributed by atoms with Crippen LogP contribution >= 0.6 is 11.6 Å². The predicted molar refractivity (Wildman–Crippen MR) is 77.2 cm³/mol. The predicted octanol–water partition coefficient (Wildman–Crippen LogP) is 2.51. The van der Waals surface area contributed by atoms with E-state index in [9.17, 15) is 9.90 Å². The maximum absolute atomic E-state index is 11.7. The van der Waals surface area contributed by atoms with Crippen LogP contribution in [0, 0.1) is 6.92 Å². The monoisotopic (exact) mass is 289 g/mol. The molecule has 2 aromatic rings. The number of phenols is 1. The molecule has 2 rings (SSSR count). The summed E-state index contributed by atoms with van der Waals surface area (Å²) in [7, 11) is 0. The molecule has 0 aliphatic heterocycles. The van der Waals surface area contributed by atoms with Crippen molar-refractivity contribution in [1.82, 2.24) is 10.4 Å². The number of hydrazone groups is 1. The molecule has 102 valence electrons. The molecular weight excluding hydrogens is 278 g/mol. The highest BCUT2D eigenvalue weighted by Crippen LogP contribution is 2.24. The number of rotatable bonds is 3. The average molecular weight is 290 g/mol. The van der Waals surface area contributed by atoms with Gasteiger partial charge in [-0.05, 0) is 36.8 Å². The van der Waals surface area contributed by atoms with E-state index >= 15 is 0 Å². The van der Waals surface area contributed by atoms with Crippen LogP contribution in [-0.2, 0) is 0 Å². The van der Waals surface area contributed by atoms with Crippen molar-refractivity contribution < 1.29 is 9.90 Å². The molecule has 1 aromatic heterocycles. The van der Waals surface area contributed by atoms with E-state index in [1.54, 1.807) is 31.2 Å². The Morgan fingerprint density at radius 3 is 2.80 bits per heavy atom. The van der Waals surface area contributed by atoms with Gasteiger partial charge in [-0.2, -0.15) is 5.10 Å². The third-order valence-corrected chi connectivity index (χ3v) is 2.83. The molecular formula is C14H12ClN3O2. The smallest absolute Gasteiger partial charge is 0.271 e. The Hall–Kier alpha value is -2.40. The highest BCUT2D eigenvalue weighted by molar-refractivity contribution is 6.31. The number of carbonyl (C=O) groups excluding carboxylic acids is 1. The number of nitrogens with one attached hydrogen (secondary N) is 1. The van der Waals surface area contributed by atoms with E-state index in [1.807, 2.05) is 0 Å². The van der Waals surface area contributed by atoms with Crippen molar-refractivity contribution >= 4 is 23.7 Å². The molecule has 0 unspecified atom stereocenters. The fraction of sp³-hybridized carbons (Fsp3) is 0.0714. The van der Waals surface area contributed by atoms with E-state index < -0.39 is 0 Å². The summed E-state index contributed by atoms with van der Waals surface area (Å²) in [6.07, 6.45) is 4.38. The number of halogens is 1. The fourth-order valence-corrected chi connectivity index (χ4v) is 1.87. The van der Waals surface area contributed by atoms with E-state index in [1.165, 1.54) is 18.6 Å². The summed E-state index contributed by atoms with van der Waals surface area (Å²) >= 11 is 5.89. The maximum Gasteiger partial charge on any atom is 0.271 e. The van der Waals surface area contributed by atoms with Crippen LogP contribution in [0.5, 0.6) is 5.75 Å². The number of aryl methyl sites for hydroxylation is 1. The molecule has 0 radical (unpaired) electrons. The molecule has 20 heavy (non-hydrogen) atoms. The molecule has 0 saturated heterocycles. The van der Waals surface area contributed by atoms with Gasteiger partial charge in [0.05, 0.1) is 6.21 Å². The summed E-state index contributed by atoms with van der Waals surface area (Å²) < 4.78 is 0. The molecule has 1 amide bonds. The normalized spacial score (nSPS) is 10.7. The van der Waals surface area contributed by atoms with Gasteiger partial charge in [0.1, 0.15) is 5.75 Å². The van der Waals surface area contributed by atoms with Crippen LogP contribution in [0.25, 0.3) is 0 Å². The third-order valence-electron chi connectivity index (χ3n) is 2.61.